The van der Waals surface area contributed by atoms with Crippen LogP contribution in [-0.2, 0) is 15.2 Å². The van der Waals surface area contributed by atoms with Gasteiger partial charge in [-0.05, 0) is 83.1 Å². The first-order valence-corrected chi connectivity index (χ1v) is 10.6. The van der Waals surface area contributed by atoms with Crippen molar-refractivity contribution >= 4 is 11.8 Å². The number of nitrogens with zero attached hydrogens (tertiary/aromatic N) is 2. The van der Waals surface area contributed by atoms with E-state index in [0.29, 0.717) is 0 Å². The van der Waals surface area contributed by atoms with E-state index in [1.807, 2.05) is 83.1 Å². The van der Waals surface area contributed by atoms with Crippen molar-refractivity contribution in [2.45, 2.75) is 111 Å². The standard InChI is InChI=1S/C25H42N2O3/c1-21(2,3)26(22(4,5)6)19(28)25(30,18-16-14-13-15-17-18)20(29)27(23(7,8)9)24(10,11)12/h13-17,30H,1-12H3. The third-order valence-corrected chi connectivity index (χ3v) is 4.90. The van der Waals surface area contributed by atoms with Crippen LogP contribution in [0.3, 0.4) is 0 Å². The van der Waals surface area contributed by atoms with E-state index < -0.39 is 39.6 Å². The van der Waals surface area contributed by atoms with Gasteiger partial charge in [0.15, 0.2) is 0 Å². The van der Waals surface area contributed by atoms with Crippen LogP contribution in [0.25, 0.3) is 0 Å². The van der Waals surface area contributed by atoms with Gasteiger partial charge in [-0.1, -0.05) is 30.3 Å². The summed E-state index contributed by atoms with van der Waals surface area (Å²) in [5, 5.41) is 12.0. The van der Waals surface area contributed by atoms with Gasteiger partial charge in [0.2, 0.25) is 5.60 Å². The zero-order valence-electron chi connectivity index (χ0n) is 21.0. The first-order chi connectivity index (χ1) is 13.2. The second kappa shape index (κ2) is 7.99. The lowest BCUT2D eigenvalue weighted by Crippen LogP contribution is -2.68. The zero-order valence-corrected chi connectivity index (χ0v) is 21.0. The second-order valence-electron chi connectivity index (χ2n) is 12.0. The van der Waals surface area contributed by atoms with Crippen molar-refractivity contribution < 1.29 is 14.7 Å². The first-order valence-electron chi connectivity index (χ1n) is 10.6. The molecule has 0 radical (unpaired) electrons. The minimum absolute atomic E-state index is 0.275. The summed E-state index contributed by atoms with van der Waals surface area (Å²) < 4.78 is 0. The largest absolute Gasteiger partial charge is 0.368 e. The van der Waals surface area contributed by atoms with E-state index in [1.165, 1.54) is 0 Å². The molecule has 0 aromatic heterocycles. The number of hydrogen-bond donors (Lipinski definition) is 1. The Morgan fingerprint density at radius 2 is 0.867 bits per heavy atom. The highest BCUT2D eigenvalue weighted by molar-refractivity contribution is 6.09. The van der Waals surface area contributed by atoms with Crippen molar-refractivity contribution in [3.63, 3.8) is 0 Å². The van der Waals surface area contributed by atoms with Crippen molar-refractivity contribution in [2.24, 2.45) is 0 Å². The van der Waals surface area contributed by atoms with Crippen LogP contribution in [0.1, 0.15) is 88.6 Å². The van der Waals surface area contributed by atoms with E-state index in [9.17, 15) is 14.7 Å². The van der Waals surface area contributed by atoms with Crippen LogP contribution in [0, 0.1) is 0 Å². The van der Waals surface area contributed by atoms with Crippen molar-refractivity contribution in [3.05, 3.63) is 35.9 Å². The van der Waals surface area contributed by atoms with Gasteiger partial charge in [0.1, 0.15) is 0 Å². The Balaban J connectivity index is 3.88. The van der Waals surface area contributed by atoms with Gasteiger partial charge in [0, 0.05) is 27.7 Å². The van der Waals surface area contributed by atoms with E-state index in [0.717, 1.165) is 0 Å². The molecule has 0 aliphatic rings. The third kappa shape index (κ3) is 5.23. The van der Waals surface area contributed by atoms with Gasteiger partial charge >= 0.3 is 0 Å². The van der Waals surface area contributed by atoms with Gasteiger partial charge in [-0.15, -0.1) is 0 Å². The fourth-order valence-electron chi connectivity index (χ4n) is 4.57. The van der Waals surface area contributed by atoms with Crippen LogP contribution in [-0.4, -0.2) is 48.9 Å². The molecule has 5 nitrogen and oxygen atoms in total. The Labute approximate surface area is 183 Å². The molecule has 0 atom stereocenters. The average Bonchev–Trinajstić information content (AvgIpc) is 2.49. The van der Waals surface area contributed by atoms with Crippen LogP contribution in [0.2, 0.25) is 0 Å². The highest BCUT2D eigenvalue weighted by Crippen LogP contribution is 2.37. The molecule has 1 aromatic carbocycles. The van der Waals surface area contributed by atoms with Gasteiger partial charge in [0.05, 0.1) is 0 Å². The topological polar surface area (TPSA) is 60.9 Å². The maximum absolute atomic E-state index is 14.1. The molecule has 30 heavy (non-hydrogen) atoms. The Kier molecular flexibility index (Phi) is 6.97. The molecule has 5 heteroatoms. The summed E-state index contributed by atoms with van der Waals surface area (Å²) in [6, 6.07) is 8.55. The van der Waals surface area contributed by atoms with Gasteiger partial charge in [0.25, 0.3) is 11.8 Å². The molecule has 0 heterocycles. The fourth-order valence-corrected chi connectivity index (χ4v) is 4.57. The molecule has 1 N–H and O–H groups in total. The SMILES string of the molecule is CC(C)(C)N(C(=O)C(O)(C(=O)N(C(C)(C)C)C(C)(C)C)c1ccccc1)C(C)(C)C. The van der Waals surface area contributed by atoms with Gasteiger partial charge < -0.3 is 14.9 Å². The minimum atomic E-state index is -2.34. The lowest BCUT2D eigenvalue weighted by Gasteiger charge is -2.52. The Bertz CT molecular complexity index is 685. The summed E-state index contributed by atoms with van der Waals surface area (Å²) >= 11 is 0. The quantitative estimate of drug-likeness (QED) is 0.722. The molecule has 0 aliphatic heterocycles. The second-order valence-corrected chi connectivity index (χ2v) is 12.0. The lowest BCUT2D eigenvalue weighted by atomic mass is 9.83. The molecular formula is C25H42N2O3. The number of amides is 2. The first kappa shape index (κ1) is 26.2. The number of carbonyl (C=O) groups is 2. The van der Waals surface area contributed by atoms with Crippen LogP contribution >= 0.6 is 0 Å². The van der Waals surface area contributed by atoms with E-state index >= 15 is 0 Å². The van der Waals surface area contributed by atoms with Crippen LogP contribution in [0.5, 0.6) is 0 Å². The summed E-state index contributed by atoms with van der Waals surface area (Å²) in [5.41, 5.74) is -4.49. The summed E-state index contributed by atoms with van der Waals surface area (Å²) in [6.45, 7) is 23.0. The van der Waals surface area contributed by atoms with Gasteiger partial charge in [-0.25, -0.2) is 0 Å². The maximum Gasteiger partial charge on any atom is 0.270 e. The zero-order chi connectivity index (χ0) is 23.9. The Hall–Kier alpha value is -1.88. The predicted molar refractivity (Wildman–Crippen MR) is 123 cm³/mol. The minimum Gasteiger partial charge on any atom is -0.368 e. The Morgan fingerprint density at radius 3 is 1.10 bits per heavy atom. The molecular weight excluding hydrogens is 376 g/mol. The smallest absolute Gasteiger partial charge is 0.270 e. The van der Waals surface area contributed by atoms with Crippen LogP contribution < -0.4 is 0 Å². The molecule has 0 spiro atoms. The normalized spacial score (nSPS) is 13.8. The maximum atomic E-state index is 14.1. The highest BCUT2D eigenvalue weighted by Gasteiger charge is 2.56. The highest BCUT2D eigenvalue weighted by atomic mass is 16.3. The summed E-state index contributed by atoms with van der Waals surface area (Å²) in [6.07, 6.45) is 0. The van der Waals surface area contributed by atoms with Crippen LogP contribution in [0.15, 0.2) is 30.3 Å². The van der Waals surface area contributed by atoms with Crippen molar-refractivity contribution in [1.82, 2.24) is 9.80 Å². The molecule has 170 valence electrons. The van der Waals surface area contributed by atoms with E-state index in [4.69, 9.17) is 0 Å². The van der Waals surface area contributed by atoms with Crippen molar-refractivity contribution in [3.8, 4) is 0 Å². The van der Waals surface area contributed by atoms with E-state index in [-0.39, 0.29) is 5.56 Å². The molecule has 0 saturated carbocycles. The molecule has 0 saturated heterocycles. The lowest BCUT2D eigenvalue weighted by molar-refractivity contribution is -0.182. The molecule has 0 aliphatic carbocycles. The van der Waals surface area contributed by atoms with Crippen LogP contribution in [0.4, 0.5) is 0 Å². The Morgan fingerprint density at radius 1 is 0.600 bits per heavy atom. The van der Waals surface area contributed by atoms with Gasteiger partial charge in [-0.3, -0.25) is 9.59 Å². The number of carbonyl (C=O) groups excluding carboxylic acids is 2. The average molecular weight is 419 g/mol. The molecule has 0 fully saturated rings. The fraction of sp³-hybridized carbons (Fsp3) is 0.680. The molecule has 0 bridgehead atoms. The number of aliphatic hydroxyl groups is 1. The third-order valence-electron chi connectivity index (χ3n) is 4.90. The molecule has 2 amide bonds. The summed E-state index contributed by atoms with van der Waals surface area (Å²) in [5.74, 6) is -1.23. The number of hydrogen-bond acceptors (Lipinski definition) is 3. The molecule has 1 aromatic rings. The van der Waals surface area contributed by atoms with E-state index in [2.05, 4.69) is 0 Å². The monoisotopic (exact) mass is 418 g/mol. The molecule has 1 rings (SSSR count). The number of rotatable bonds is 3. The summed E-state index contributed by atoms with van der Waals surface area (Å²) in [4.78, 5) is 31.4. The summed E-state index contributed by atoms with van der Waals surface area (Å²) in [7, 11) is 0. The molecule has 0 unspecified atom stereocenters. The number of benzene rings is 1. The van der Waals surface area contributed by atoms with Crippen molar-refractivity contribution in [2.75, 3.05) is 0 Å². The predicted octanol–water partition coefficient (Wildman–Crippen LogP) is 4.73. The van der Waals surface area contributed by atoms with Crippen molar-refractivity contribution in [1.29, 1.82) is 0 Å². The van der Waals surface area contributed by atoms with Gasteiger partial charge in [-0.2, -0.15) is 0 Å². The van der Waals surface area contributed by atoms with E-state index in [1.54, 1.807) is 40.1 Å².